The Labute approximate surface area is 222 Å². The summed E-state index contributed by atoms with van der Waals surface area (Å²) in [5.41, 5.74) is 0.942. The Balaban J connectivity index is 2.43. The molecule has 1 atom stereocenters. The van der Waals surface area contributed by atoms with Crippen molar-refractivity contribution >= 4 is 62.3 Å². The van der Waals surface area contributed by atoms with Gasteiger partial charge in [0, 0.05) is 18.1 Å². The Hall–Kier alpha value is -2.00. The molecule has 1 unspecified atom stereocenters. The van der Waals surface area contributed by atoms with E-state index in [-0.39, 0.29) is 34.1 Å². The van der Waals surface area contributed by atoms with Gasteiger partial charge in [-0.1, -0.05) is 67.7 Å². The zero-order valence-electron chi connectivity index (χ0n) is 20.1. The van der Waals surface area contributed by atoms with E-state index in [0.717, 1.165) is 16.1 Å². The van der Waals surface area contributed by atoms with E-state index in [2.05, 4.69) is 5.32 Å². The lowest BCUT2D eigenvalue weighted by atomic mass is 10.1. The predicted octanol–water partition coefficient (Wildman–Crippen LogP) is 4.99. The van der Waals surface area contributed by atoms with Gasteiger partial charge in [0.05, 0.1) is 22.0 Å². The first kappa shape index (κ1) is 29.2. The second-order valence-corrected chi connectivity index (χ2v) is 11.7. The lowest BCUT2D eigenvalue weighted by Gasteiger charge is -2.33. The summed E-state index contributed by atoms with van der Waals surface area (Å²) in [7, 11) is -3.86. The molecular weight excluding hydrogens is 533 g/mol. The van der Waals surface area contributed by atoms with E-state index >= 15 is 0 Å². The van der Waals surface area contributed by atoms with Crippen LogP contribution in [-0.2, 0) is 26.2 Å². The molecule has 2 rings (SSSR count). The molecule has 2 amide bonds. The highest BCUT2D eigenvalue weighted by molar-refractivity contribution is 7.92. The quantitative estimate of drug-likeness (QED) is 0.418. The van der Waals surface area contributed by atoms with Gasteiger partial charge in [0.2, 0.25) is 21.8 Å². The molecule has 0 heterocycles. The SMILES string of the molecule is CCC(C(=O)NCC(C)C)N(Cc1ccc(Cl)cc1)C(=O)CN(c1ccc(Cl)c(Cl)c1)S(C)(=O)=O. The summed E-state index contributed by atoms with van der Waals surface area (Å²) < 4.78 is 26.2. The fourth-order valence-electron chi connectivity index (χ4n) is 3.38. The van der Waals surface area contributed by atoms with Crippen molar-refractivity contribution in [3.8, 4) is 0 Å². The van der Waals surface area contributed by atoms with Crippen LogP contribution in [0.1, 0.15) is 32.8 Å². The van der Waals surface area contributed by atoms with Gasteiger partial charge in [0.1, 0.15) is 12.6 Å². The molecule has 0 saturated heterocycles. The van der Waals surface area contributed by atoms with Crippen molar-refractivity contribution in [3.63, 3.8) is 0 Å². The number of anilines is 1. The zero-order chi connectivity index (χ0) is 26.3. The normalized spacial score (nSPS) is 12.3. The summed E-state index contributed by atoms with van der Waals surface area (Å²) in [5, 5.41) is 3.82. The maximum Gasteiger partial charge on any atom is 0.244 e. The molecule has 2 aromatic carbocycles. The number of hydrogen-bond acceptors (Lipinski definition) is 4. The first-order valence-electron chi connectivity index (χ1n) is 11.1. The summed E-state index contributed by atoms with van der Waals surface area (Å²) in [4.78, 5) is 28.0. The Morgan fingerprint density at radius 3 is 2.14 bits per heavy atom. The molecule has 11 heteroatoms. The molecule has 0 radical (unpaired) electrons. The Morgan fingerprint density at radius 1 is 1.00 bits per heavy atom. The number of rotatable bonds is 11. The molecule has 0 aliphatic carbocycles. The fourth-order valence-corrected chi connectivity index (χ4v) is 4.64. The van der Waals surface area contributed by atoms with Crippen LogP contribution >= 0.6 is 34.8 Å². The monoisotopic (exact) mass is 561 g/mol. The maximum atomic E-state index is 13.6. The van der Waals surface area contributed by atoms with Crippen LogP contribution in [0, 0.1) is 5.92 Å². The molecule has 0 saturated carbocycles. The minimum atomic E-state index is -3.86. The van der Waals surface area contributed by atoms with Gasteiger partial charge in [-0.15, -0.1) is 0 Å². The molecule has 2 aromatic rings. The number of nitrogens with one attached hydrogen (secondary N) is 1. The van der Waals surface area contributed by atoms with E-state index in [1.165, 1.54) is 23.1 Å². The molecule has 0 aliphatic rings. The lowest BCUT2D eigenvalue weighted by molar-refractivity contribution is -0.140. The number of nitrogens with zero attached hydrogens (tertiary/aromatic N) is 2. The summed E-state index contributed by atoms with van der Waals surface area (Å²) in [5.74, 6) is -0.612. The van der Waals surface area contributed by atoms with Crippen molar-refractivity contribution in [1.82, 2.24) is 10.2 Å². The minimum Gasteiger partial charge on any atom is -0.354 e. The number of carbonyl (C=O) groups is 2. The molecule has 0 aliphatic heterocycles. The van der Waals surface area contributed by atoms with Gasteiger partial charge in [0.25, 0.3) is 0 Å². The third-order valence-corrected chi connectivity index (χ3v) is 7.34. The molecule has 7 nitrogen and oxygen atoms in total. The van der Waals surface area contributed by atoms with Gasteiger partial charge in [-0.2, -0.15) is 0 Å². The van der Waals surface area contributed by atoms with E-state index in [1.807, 2.05) is 13.8 Å². The topological polar surface area (TPSA) is 86.8 Å². The van der Waals surface area contributed by atoms with Gasteiger partial charge in [-0.25, -0.2) is 8.42 Å². The summed E-state index contributed by atoms with van der Waals surface area (Å²) in [6.07, 6.45) is 1.34. The van der Waals surface area contributed by atoms with Gasteiger partial charge in [-0.3, -0.25) is 13.9 Å². The average Bonchev–Trinajstić information content (AvgIpc) is 2.78. The van der Waals surface area contributed by atoms with Crippen molar-refractivity contribution in [2.24, 2.45) is 5.92 Å². The summed E-state index contributed by atoms with van der Waals surface area (Å²) >= 11 is 18.1. The molecule has 0 aromatic heterocycles. The molecule has 0 bridgehead atoms. The van der Waals surface area contributed by atoms with Gasteiger partial charge in [0.15, 0.2) is 0 Å². The van der Waals surface area contributed by atoms with E-state index in [0.29, 0.717) is 18.0 Å². The van der Waals surface area contributed by atoms with E-state index in [4.69, 9.17) is 34.8 Å². The smallest absolute Gasteiger partial charge is 0.244 e. The summed E-state index contributed by atoms with van der Waals surface area (Å²) in [6.45, 7) is 5.78. The van der Waals surface area contributed by atoms with Crippen LogP contribution in [0.2, 0.25) is 15.1 Å². The Morgan fingerprint density at radius 2 is 1.63 bits per heavy atom. The number of halogens is 3. The number of benzene rings is 2. The Bertz CT molecular complexity index is 1140. The molecule has 1 N–H and O–H groups in total. The van der Waals surface area contributed by atoms with E-state index in [9.17, 15) is 18.0 Å². The summed E-state index contributed by atoms with van der Waals surface area (Å²) in [6, 6.07) is 10.4. The largest absolute Gasteiger partial charge is 0.354 e. The molecule has 0 fully saturated rings. The fraction of sp³-hybridized carbons (Fsp3) is 0.417. The van der Waals surface area contributed by atoms with Crippen molar-refractivity contribution in [3.05, 3.63) is 63.1 Å². The van der Waals surface area contributed by atoms with Crippen LogP contribution in [0.15, 0.2) is 42.5 Å². The van der Waals surface area contributed by atoms with Crippen LogP contribution in [0.25, 0.3) is 0 Å². The minimum absolute atomic E-state index is 0.0998. The second kappa shape index (κ2) is 12.8. The Kier molecular flexibility index (Phi) is 10.7. The third kappa shape index (κ3) is 8.56. The maximum absolute atomic E-state index is 13.6. The number of carbonyl (C=O) groups excluding carboxylic acids is 2. The molecule has 35 heavy (non-hydrogen) atoms. The van der Waals surface area contributed by atoms with Gasteiger partial charge < -0.3 is 10.2 Å². The van der Waals surface area contributed by atoms with Gasteiger partial charge >= 0.3 is 0 Å². The first-order valence-corrected chi connectivity index (χ1v) is 14.1. The van der Waals surface area contributed by atoms with E-state index in [1.54, 1.807) is 31.2 Å². The standard InChI is InChI=1S/C24H30Cl3N3O4S/c1-5-22(24(32)28-13-16(2)3)29(14-17-6-8-18(25)9-7-17)23(31)15-30(35(4,33)34)19-10-11-20(26)21(27)12-19/h6-12,16,22H,5,13-15H2,1-4H3,(H,28,32). The van der Waals surface area contributed by atoms with Crippen LogP contribution in [0.4, 0.5) is 5.69 Å². The van der Waals surface area contributed by atoms with Crippen molar-refractivity contribution in [2.75, 3.05) is 23.7 Å². The number of amides is 2. The molecule has 192 valence electrons. The van der Waals surface area contributed by atoms with Crippen molar-refractivity contribution in [2.45, 2.75) is 39.8 Å². The van der Waals surface area contributed by atoms with Crippen LogP contribution < -0.4 is 9.62 Å². The van der Waals surface area contributed by atoms with Gasteiger partial charge in [-0.05, 0) is 48.2 Å². The number of hydrogen-bond donors (Lipinski definition) is 1. The van der Waals surface area contributed by atoms with E-state index < -0.39 is 28.5 Å². The van der Waals surface area contributed by atoms with Crippen LogP contribution in [0.5, 0.6) is 0 Å². The highest BCUT2D eigenvalue weighted by Gasteiger charge is 2.31. The number of sulfonamides is 1. The van der Waals surface area contributed by atoms with Crippen LogP contribution in [-0.4, -0.2) is 50.5 Å². The molecule has 0 spiro atoms. The lowest BCUT2D eigenvalue weighted by Crippen LogP contribution is -2.52. The van der Waals surface area contributed by atoms with Crippen molar-refractivity contribution < 1.29 is 18.0 Å². The highest BCUT2D eigenvalue weighted by atomic mass is 35.5. The van der Waals surface area contributed by atoms with Crippen molar-refractivity contribution in [1.29, 1.82) is 0 Å². The predicted molar refractivity (Wildman–Crippen MR) is 143 cm³/mol. The first-order chi connectivity index (χ1) is 16.3. The molecular formula is C24H30Cl3N3O4S. The van der Waals surface area contributed by atoms with Crippen LogP contribution in [0.3, 0.4) is 0 Å². The average molecular weight is 563 g/mol. The zero-order valence-corrected chi connectivity index (χ0v) is 23.2. The third-order valence-electron chi connectivity index (χ3n) is 5.21. The highest BCUT2D eigenvalue weighted by Crippen LogP contribution is 2.28. The second-order valence-electron chi connectivity index (χ2n) is 8.58.